The molecular formula is C17H18N6O3S2. The third kappa shape index (κ3) is 3.59. The molecule has 146 valence electrons. The van der Waals surface area contributed by atoms with Crippen LogP contribution in [0.2, 0.25) is 0 Å². The van der Waals surface area contributed by atoms with E-state index in [2.05, 4.69) is 27.1 Å². The van der Waals surface area contributed by atoms with Gasteiger partial charge in [-0.15, -0.1) is 21.9 Å². The molecule has 11 heteroatoms. The van der Waals surface area contributed by atoms with Gasteiger partial charge in [0.15, 0.2) is 15.0 Å². The molecule has 0 aliphatic carbocycles. The number of nitrogens with zero attached hydrogens (tertiary/aromatic N) is 6. The van der Waals surface area contributed by atoms with Crippen LogP contribution in [0.4, 0.5) is 0 Å². The number of allylic oxidation sites excluding steroid dienone is 1. The SMILES string of the molecule is C=CCn1c(SCn2nnc3ccccc3c2=O)nnc1[C@@H]1CCS(=O)(=O)C1. The van der Waals surface area contributed by atoms with Gasteiger partial charge in [0.1, 0.15) is 11.3 Å². The summed E-state index contributed by atoms with van der Waals surface area (Å²) < 4.78 is 26.7. The minimum Gasteiger partial charge on any atom is -0.302 e. The molecule has 2 aromatic heterocycles. The van der Waals surface area contributed by atoms with Gasteiger partial charge in [-0.2, -0.15) is 4.68 Å². The lowest BCUT2D eigenvalue weighted by Crippen LogP contribution is -2.23. The van der Waals surface area contributed by atoms with E-state index >= 15 is 0 Å². The minimum atomic E-state index is -3.03. The number of fused-ring (bicyclic) bond motifs is 1. The Morgan fingerprint density at radius 3 is 2.82 bits per heavy atom. The van der Waals surface area contributed by atoms with Crippen molar-refractivity contribution in [2.24, 2.45) is 0 Å². The predicted octanol–water partition coefficient (Wildman–Crippen LogP) is 1.22. The molecule has 1 atom stereocenters. The summed E-state index contributed by atoms with van der Waals surface area (Å²) in [7, 11) is -3.03. The van der Waals surface area contributed by atoms with Crippen molar-refractivity contribution in [2.45, 2.75) is 29.9 Å². The van der Waals surface area contributed by atoms with E-state index in [0.717, 1.165) is 0 Å². The molecular weight excluding hydrogens is 400 g/mol. The third-order valence-corrected chi connectivity index (χ3v) is 7.30. The van der Waals surface area contributed by atoms with Crippen LogP contribution in [0.5, 0.6) is 0 Å². The summed E-state index contributed by atoms with van der Waals surface area (Å²) in [6, 6.07) is 7.04. The molecule has 1 aliphatic heterocycles. The highest BCUT2D eigenvalue weighted by molar-refractivity contribution is 7.98. The van der Waals surface area contributed by atoms with Crippen LogP contribution in [-0.4, -0.2) is 49.7 Å². The Morgan fingerprint density at radius 2 is 2.07 bits per heavy atom. The van der Waals surface area contributed by atoms with E-state index in [-0.39, 0.29) is 28.9 Å². The molecule has 0 amide bonds. The highest BCUT2D eigenvalue weighted by Crippen LogP contribution is 2.30. The van der Waals surface area contributed by atoms with Gasteiger partial charge in [-0.25, -0.2) is 8.42 Å². The molecule has 0 unspecified atom stereocenters. The Labute approximate surface area is 165 Å². The summed E-state index contributed by atoms with van der Waals surface area (Å²) >= 11 is 1.29. The van der Waals surface area contributed by atoms with E-state index in [9.17, 15) is 13.2 Å². The van der Waals surface area contributed by atoms with Crippen molar-refractivity contribution in [1.82, 2.24) is 29.8 Å². The average Bonchev–Trinajstić information content (AvgIpc) is 3.24. The molecule has 0 saturated carbocycles. The van der Waals surface area contributed by atoms with Crippen LogP contribution in [0.3, 0.4) is 0 Å². The van der Waals surface area contributed by atoms with Gasteiger partial charge in [0.2, 0.25) is 0 Å². The number of hydrogen-bond donors (Lipinski definition) is 0. The summed E-state index contributed by atoms with van der Waals surface area (Å²) in [6.07, 6.45) is 2.25. The van der Waals surface area contributed by atoms with Gasteiger partial charge in [0, 0.05) is 12.5 Å². The van der Waals surface area contributed by atoms with Crippen molar-refractivity contribution in [3.8, 4) is 0 Å². The van der Waals surface area contributed by atoms with E-state index in [4.69, 9.17) is 0 Å². The first-order chi connectivity index (χ1) is 13.5. The Kier molecular flexibility index (Phi) is 5.02. The average molecular weight is 419 g/mol. The molecule has 0 spiro atoms. The summed E-state index contributed by atoms with van der Waals surface area (Å²) in [5.41, 5.74) is 0.322. The molecule has 3 aromatic rings. The largest absolute Gasteiger partial charge is 0.302 e. The molecule has 3 heterocycles. The highest BCUT2D eigenvalue weighted by atomic mass is 32.2. The zero-order chi connectivity index (χ0) is 19.7. The first kappa shape index (κ1) is 18.8. The second kappa shape index (κ2) is 7.47. The van der Waals surface area contributed by atoms with Gasteiger partial charge < -0.3 is 4.57 Å². The number of hydrogen-bond acceptors (Lipinski definition) is 8. The van der Waals surface area contributed by atoms with E-state index < -0.39 is 9.84 Å². The maximum absolute atomic E-state index is 12.6. The maximum Gasteiger partial charge on any atom is 0.278 e. The van der Waals surface area contributed by atoms with Crippen LogP contribution in [0, 0.1) is 0 Å². The molecule has 1 aliphatic rings. The van der Waals surface area contributed by atoms with Crippen LogP contribution in [0.25, 0.3) is 10.9 Å². The molecule has 0 radical (unpaired) electrons. The molecule has 1 saturated heterocycles. The quantitative estimate of drug-likeness (QED) is 0.434. The smallest absolute Gasteiger partial charge is 0.278 e. The fourth-order valence-electron chi connectivity index (χ4n) is 3.23. The van der Waals surface area contributed by atoms with Crippen molar-refractivity contribution < 1.29 is 8.42 Å². The standard InChI is InChI=1S/C17H18N6O3S2/c1-2-8-22-15(12-7-9-28(25,26)10-12)19-20-17(22)27-11-23-16(24)13-5-3-4-6-14(13)18-21-23/h2-6,12H,1,7-11H2/t12-/m1/s1. The second-order valence-electron chi connectivity index (χ2n) is 6.52. The Morgan fingerprint density at radius 1 is 1.25 bits per heavy atom. The van der Waals surface area contributed by atoms with Gasteiger partial charge in [0.25, 0.3) is 5.56 Å². The Hall–Kier alpha value is -2.53. The number of sulfone groups is 1. The van der Waals surface area contributed by atoms with E-state index in [1.54, 1.807) is 30.3 Å². The van der Waals surface area contributed by atoms with Gasteiger partial charge in [-0.1, -0.05) is 35.2 Å². The molecule has 0 N–H and O–H groups in total. The summed E-state index contributed by atoms with van der Waals surface area (Å²) in [4.78, 5) is 12.6. The van der Waals surface area contributed by atoms with Crippen LogP contribution in [0.1, 0.15) is 18.2 Å². The van der Waals surface area contributed by atoms with E-state index in [0.29, 0.717) is 34.8 Å². The fraction of sp³-hybridized carbons (Fsp3) is 0.353. The number of aromatic nitrogens is 6. The molecule has 1 aromatic carbocycles. The molecule has 9 nitrogen and oxygen atoms in total. The number of benzene rings is 1. The van der Waals surface area contributed by atoms with Gasteiger partial charge in [0.05, 0.1) is 22.8 Å². The summed E-state index contributed by atoms with van der Waals surface area (Å²) in [6.45, 7) is 4.22. The number of rotatable bonds is 6. The van der Waals surface area contributed by atoms with Crippen LogP contribution in [-0.2, 0) is 22.3 Å². The Bertz CT molecular complexity index is 1200. The maximum atomic E-state index is 12.6. The fourth-order valence-corrected chi connectivity index (χ4v) is 5.80. The van der Waals surface area contributed by atoms with Gasteiger partial charge in [-0.05, 0) is 18.6 Å². The first-order valence-corrected chi connectivity index (χ1v) is 11.5. The molecule has 1 fully saturated rings. The lowest BCUT2D eigenvalue weighted by Gasteiger charge is -2.11. The lowest BCUT2D eigenvalue weighted by molar-refractivity contribution is 0.597. The first-order valence-electron chi connectivity index (χ1n) is 8.68. The zero-order valence-electron chi connectivity index (χ0n) is 14.9. The van der Waals surface area contributed by atoms with Crippen molar-refractivity contribution in [2.75, 3.05) is 11.5 Å². The summed E-state index contributed by atoms with van der Waals surface area (Å²) in [5.74, 6) is 0.941. The van der Waals surface area contributed by atoms with Crippen molar-refractivity contribution >= 4 is 32.5 Å². The van der Waals surface area contributed by atoms with Crippen molar-refractivity contribution in [3.63, 3.8) is 0 Å². The predicted molar refractivity (Wildman–Crippen MR) is 106 cm³/mol. The lowest BCUT2D eigenvalue weighted by atomic mass is 10.1. The van der Waals surface area contributed by atoms with Crippen LogP contribution in [0.15, 0.2) is 46.9 Å². The highest BCUT2D eigenvalue weighted by Gasteiger charge is 2.33. The van der Waals surface area contributed by atoms with Gasteiger partial charge in [-0.3, -0.25) is 4.79 Å². The molecule has 28 heavy (non-hydrogen) atoms. The second-order valence-corrected chi connectivity index (χ2v) is 9.67. The Balaban J connectivity index is 1.59. The topological polar surface area (TPSA) is 113 Å². The monoisotopic (exact) mass is 418 g/mol. The van der Waals surface area contributed by atoms with Crippen LogP contribution >= 0.6 is 11.8 Å². The molecule has 0 bridgehead atoms. The van der Waals surface area contributed by atoms with E-state index in [1.165, 1.54) is 16.4 Å². The van der Waals surface area contributed by atoms with E-state index in [1.807, 2.05) is 4.57 Å². The van der Waals surface area contributed by atoms with Crippen molar-refractivity contribution in [1.29, 1.82) is 0 Å². The molecule has 4 rings (SSSR count). The van der Waals surface area contributed by atoms with Gasteiger partial charge >= 0.3 is 0 Å². The third-order valence-electron chi connectivity index (χ3n) is 4.60. The number of thioether (sulfide) groups is 1. The van der Waals surface area contributed by atoms with Crippen LogP contribution < -0.4 is 5.56 Å². The normalized spacial score (nSPS) is 18.5. The summed E-state index contributed by atoms with van der Waals surface area (Å²) in [5, 5.41) is 17.6. The van der Waals surface area contributed by atoms with Crippen molar-refractivity contribution in [3.05, 3.63) is 53.1 Å². The minimum absolute atomic E-state index is 0.0859. The zero-order valence-corrected chi connectivity index (χ0v) is 16.6.